The van der Waals surface area contributed by atoms with Crippen molar-refractivity contribution in [2.24, 2.45) is 0 Å². The minimum Gasteiger partial charge on any atom is -0.490 e. The van der Waals surface area contributed by atoms with Gasteiger partial charge in [-0.1, -0.05) is 42.5 Å². The highest BCUT2D eigenvalue weighted by atomic mass is 16.7. The highest BCUT2D eigenvalue weighted by molar-refractivity contribution is 5.89. The molecular weight excluding hydrogens is 564 g/mol. The zero-order chi connectivity index (χ0) is 32.0. The number of hydrogen-bond acceptors (Lipinski definition) is 9. The molecule has 2 saturated heterocycles. The van der Waals surface area contributed by atoms with E-state index in [0.717, 1.165) is 10.9 Å². The average molecular weight is 611 g/mol. The Kier molecular flexibility index (Phi) is 11.0. The van der Waals surface area contributed by atoms with Gasteiger partial charge in [0.15, 0.2) is 11.5 Å². The minimum absolute atomic E-state index is 0.0145. The Morgan fingerprint density at radius 3 is 2.52 bits per heavy atom. The Balaban J connectivity index is 1.61. The van der Waals surface area contributed by atoms with Crippen LogP contribution in [-0.4, -0.2) is 75.0 Å². The van der Waals surface area contributed by atoms with Crippen molar-refractivity contribution in [3.8, 4) is 0 Å². The van der Waals surface area contributed by atoms with Gasteiger partial charge in [0, 0.05) is 26.4 Å². The predicted molar refractivity (Wildman–Crippen MR) is 166 cm³/mol. The van der Waals surface area contributed by atoms with Gasteiger partial charge in [-0.15, -0.1) is 6.58 Å². The molecule has 44 heavy (non-hydrogen) atoms. The molecule has 4 rings (SSSR count). The normalized spacial score (nSPS) is 29.9. The van der Waals surface area contributed by atoms with Crippen molar-refractivity contribution in [1.82, 2.24) is 0 Å². The second kappa shape index (κ2) is 14.3. The second-order valence-electron chi connectivity index (χ2n) is 12.1. The third kappa shape index (κ3) is 7.24. The second-order valence-corrected chi connectivity index (χ2v) is 12.1. The topological polar surface area (TPSA) is 98.8 Å². The van der Waals surface area contributed by atoms with E-state index in [-0.39, 0.29) is 31.2 Å². The summed E-state index contributed by atoms with van der Waals surface area (Å²) in [6.45, 7) is 10.1. The van der Waals surface area contributed by atoms with E-state index in [4.69, 9.17) is 33.2 Å². The van der Waals surface area contributed by atoms with Gasteiger partial charge < -0.3 is 33.2 Å². The van der Waals surface area contributed by atoms with Gasteiger partial charge in [0.25, 0.3) is 0 Å². The van der Waals surface area contributed by atoms with Crippen LogP contribution in [0.25, 0.3) is 10.8 Å². The monoisotopic (exact) mass is 610 g/mol. The van der Waals surface area contributed by atoms with Crippen LogP contribution in [0.3, 0.4) is 0 Å². The van der Waals surface area contributed by atoms with E-state index in [9.17, 15) is 9.59 Å². The molecule has 9 nitrogen and oxygen atoms in total. The quantitative estimate of drug-likeness (QED) is 0.0912. The van der Waals surface area contributed by atoms with Gasteiger partial charge in [0.1, 0.15) is 18.0 Å². The maximum Gasteiger partial charge on any atom is 0.372 e. The molecule has 0 unspecified atom stereocenters. The third-order valence-electron chi connectivity index (χ3n) is 8.94. The van der Waals surface area contributed by atoms with Gasteiger partial charge in [-0.25, -0.2) is 4.79 Å². The molecule has 2 aromatic rings. The van der Waals surface area contributed by atoms with Crippen LogP contribution in [0.2, 0.25) is 0 Å². The summed E-state index contributed by atoms with van der Waals surface area (Å²) < 4.78 is 41.8. The lowest BCUT2D eigenvalue weighted by Gasteiger charge is -2.55. The minimum atomic E-state index is -1.22. The number of carbonyl (C=O) groups excluding carboxylic acids is 2. The molecule has 240 valence electrons. The number of ether oxygens (including phenoxy) is 7. The number of Topliss-reactive ketones (excluding diaryl/α,β-unsaturated/α-hetero) is 1. The molecule has 6 atom stereocenters. The molecule has 0 saturated carbocycles. The van der Waals surface area contributed by atoms with E-state index in [1.807, 2.05) is 32.1 Å². The average Bonchev–Trinajstić information content (AvgIpc) is 3.11. The molecule has 0 spiro atoms. The van der Waals surface area contributed by atoms with Gasteiger partial charge in [-0.2, -0.15) is 0 Å². The van der Waals surface area contributed by atoms with Gasteiger partial charge in [-0.3, -0.25) is 4.79 Å². The fraction of sp³-hybridized carbons (Fsp3) is 0.543. The van der Waals surface area contributed by atoms with E-state index in [2.05, 4.69) is 36.9 Å². The van der Waals surface area contributed by atoms with Crippen molar-refractivity contribution < 1.29 is 42.7 Å². The highest BCUT2D eigenvalue weighted by Gasteiger charge is 2.59. The van der Waals surface area contributed by atoms with Crippen molar-refractivity contribution >= 4 is 22.5 Å². The molecular formula is C35H46O9. The molecule has 0 amide bonds. The Morgan fingerprint density at radius 1 is 1.09 bits per heavy atom. The van der Waals surface area contributed by atoms with Crippen LogP contribution >= 0.6 is 0 Å². The molecule has 2 heterocycles. The summed E-state index contributed by atoms with van der Waals surface area (Å²) in [5.41, 5.74) is -1.97. The van der Waals surface area contributed by atoms with Crippen LogP contribution in [0.5, 0.6) is 0 Å². The Labute approximate surface area is 260 Å². The van der Waals surface area contributed by atoms with E-state index in [0.29, 0.717) is 25.9 Å². The van der Waals surface area contributed by atoms with E-state index in [1.165, 1.54) is 19.6 Å². The first-order valence-electron chi connectivity index (χ1n) is 15.1. The lowest BCUT2D eigenvalue weighted by molar-refractivity contribution is -0.318. The standard InChI is InChI=1S/C35H46O9/c1-8-11-30(41-22-24-14-15-25-12-9-10-13-26(25)20-24)35(4)31(42-23-38-5)21-34(3)29(43-35)17-16-28(36)33(2,44-34)19-18-27(39-6)32(37)40-7/h8-10,12-15,18,20,29-31H,1,11,16-17,19,21-23H2,2-7H3/b27-18-/t29-,30+,31-,33-,34+,35+/m1/s1. The molecule has 0 aliphatic carbocycles. The van der Waals surface area contributed by atoms with E-state index < -0.39 is 41.1 Å². The summed E-state index contributed by atoms with van der Waals surface area (Å²) in [7, 11) is 4.23. The van der Waals surface area contributed by atoms with Gasteiger partial charge >= 0.3 is 5.97 Å². The molecule has 0 radical (unpaired) electrons. The number of benzene rings is 2. The van der Waals surface area contributed by atoms with Crippen molar-refractivity contribution in [3.05, 3.63) is 72.5 Å². The number of carbonyl (C=O) groups is 2. The van der Waals surface area contributed by atoms with Crippen molar-refractivity contribution in [2.45, 2.75) is 94.6 Å². The maximum absolute atomic E-state index is 13.5. The number of fused-ring (bicyclic) bond motifs is 2. The summed E-state index contributed by atoms with van der Waals surface area (Å²) in [5.74, 6) is -0.691. The van der Waals surface area contributed by atoms with Crippen LogP contribution in [0.15, 0.2) is 67.0 Å². The number of methoxy groups -OCH3 is 3. The number of hydrogen-bond donors (Lipinski definition) is 0. The van der Waals surface area contributed by atoms with Gasteiger partial charge in [0.2, 0.25) is 0 Å². The first-order valence-corrected chi connectivity index (χ1v) is 15.1. The van der Waals surface area contributed by atoms with E-state index >= 15 is 0 Å². The van der Waals surface area contributed by atoms with Crippen LogP contribution < -0.4 is 0 Å². The Hall–Kier alpha value is -3.08. The number of esters is 1. The smallest absolute Gasteiger partial charge is 0.372 e. The summed E-state index contributed by atoms with van der Waals surface area (Å²) in [4.78, 5) is 25.6. The molecule has 0 aromatic heterocycles. The molecule has 0 bridgehead atoms. The maximum atomic E-state index is 13.5. The predicted octanol–water partition coefficient (Wildman–Crippen LogP) is 5.83. The van der Waals surface area contributed by atoms with Crippen LogP contribution in [-0.2, 0) is 49.4 Å². The fourth-order valence-corrected chi connectivity index (χ4v) is 6.37. The molecule has 2 aliphatic rings. The van der Waals surface area contributed by atoms with Crippen molar-refractivity contribution in [3.63, 3.8) is 0 Å². The molecule has 2 fully saturated rings. The highest BCUT2D eigenvalue weighted by Crippen LogP contribution is 2.48. The Bertz CT molecular complexity index is 1350. The summed E-state index contributed by atoms with van der Waals surface area (Å²) in [5, 5.41) is 2.32. The summed E-state index contributed by atoms with van der Waals surface area (Å²) in [6, 6.07) is 14.5. The third-order valence-corrected chi connectivity index (χ3v) is 8.94. The fourth-order valence-electron chi connectivity index (χ4n) is 6.37. The molecule has 0 N–H and O–H groups in total. The Morgan fingerprint density at radius 2 is 1.84 bits per heavy atom. The zero-order valence-corrected chi connectivity index (χ0v) is 26.8. The first kappa shape index (κ1) is 33.8. The summed E-state index contributed by atoms with van der Waals surface area (Å²) in [6.07, 6.45) is 3.81. The SMILES string of the molecule is C=CC[C@H](OCc1ccc2ccccc2c1)[C@]1(C)O[C@@H]2CCC(=O)[C@@](C)(C/C=C(\OC)C(=O)OC)O[C@@]2(C)C[C@H]1OCOC. The van der Waals surface area contributed by atoms with Crippen LogP contribution in [0, 0.1) is 0 Å². The van der Waals surface area contributed by atoms with Crippen molar-refractivity contribution in [1.29, 1.82) is 0 Å². The number of rotatable bonds is 13. The molecule has 2 aromatic carbocycles. The van der Waals surface area contributed by atoms with Crippen LogP contribution in [0.4, 0.5) is 0 Å². The van der Waals surface area contributed by atoms with Crippen molar-refractivity contribution in [2.75, 3.05) is 28.1 Å². The van der Waals surface area contributed by atoms with Gasteiger partial charge in [-0.05, 0) is 62.1 Å². The van der Waals surface area contributed by atoms with Crippen LogP contribution in [0.1, 0.15) is 58.4 Å². The molecule has 9 heteroatoms. The first-order chi connectivity index (χ1) is 21.0. The lowest BCUT2D eigenvalue weighted by atomic mass is 9.76. The van der Waals surface area contributed by atoms with E-state index in [1.54, 1.807) is 20.1 Å². The molecule has 2 aliphatic heterocycles. The number of ketones is 1. The zero-order valence-electron chi connectivity index (χ0n) is 26.8. The largest absolute Gasteiger partial charge is 0.490 e. The lowest BCUT2D eigenvalue weighted by Crippen LogP contribution is -2.66. The van der Waals surface area contributed by atoms with Gasteiger partial charge in [0.05, 0.1) is 44.7 Å². The summed E-state index contributed by atoms with van der Waals surface area (Å²) >= 11 is 0.